The summed E-state index contributed by atoms with van der Waals surface area (Å²) >= 11 is 12.5. The maximum atomic E-state index is 13.5. The summed E-state index contributed by atoms with van der Waals surface area (Å²) in [6.07, 6.45) is 1.01. The minimum absolute atomic E-state index is 0.125. The number of hydrogen-bond donors (Lipinski definition) is 2. The molecule has 11 heteroatoms. The van der Waals surface area contributed by atoms with Gasteiger partial charge in [-0.1, -0.05) is 35.3 Å². The van der Waals surface area contributed by atoms with Crippen molar-refractivity contribution in [2.45, 2.75) is 31.6 Å². The van der Waals surface area contributed by atoms with Crippen molar-refractivity contribution in [3.8, 4) is 23.0 Å². The van der Waals surface area contributed by atoms with Crippen LogP contribution in [0.5, 0.6) is 23.0 Å². The first-order valence-corrected chi connectivity index (χ1v) is 16.0. The van der Waals surface area contributed by atoms with Gasteiger partial charge in [0.25, 0.3) is 15.9 Å². The summed E-state index contributed by atoms with van der Waals surface area (Å²) in [7, 11) is -2.69. The number of rotatable bonds is 11. The SMILES string of the molecule is COc1ccc(Oc2cccc(S(=O)(=O)NC(=O)c3[nH]c4cc(Cl)ccc4c3CCCOc3cc(C)c(Cl)c(C)c3)c2)cc1. The summed E-state index contributed by atoms with van der Waals surface area (Å²) in [5.74, 6) is 1.36. The van der Waals surface area contributed by atoms with E-state index >= 15 is 0 Å². The monoisotopic (exact) mass is 652 g/mol. The lowest BCUT2D eigenvalue weighted by Crippen LogP contribution is -2.31. The van der Waals surface area contributed by atoms with Crippen LogP contribution in [0.2, 0.25) is 10.0 Å². The average Bonchev–Trinajstić information content (AvgIpc) is 3.36. The molecule has 2 N–H and O–H groups in total. The van der Waals surface area contributed by atoms with Crippen molar-refractivity contribution in [1.82, 2.24) is 9.71 Å². The van der Waals surface area contributed by atoms with Crippen molar-refractivity contribution >= 4 is 50.0 Å². The van der Waals surface area contributed by atoms with E-state index in [1.807, 2.05) is 32.0 Å². The Morgan fingerprint density at radius 3 is 2.27 bits per heavy atom. The van der Waals surface area contributed by atoms with E-state index in [-0.39, 0.29) is 16.3 Å². The third-order valence-corrected chi connectivity index (χ3v) is 9.14. The van der Waals surface area contributed by atoms with Gasteiger partial charge in [0.2, 0.25) is 0 Å². The zero-order chi connectivity index (χ0) is 31.4. The lowest BCUT2D eigenvalue weighted by atomic mass is 10.1. The molecule has 8 nitrogen and oxygen atoms in total. The number of H-pyrrole nitrogens is 1. The Morgan fingerprint density at radius 1 is 0.864 bits per heavy atom. The van der Waals surface area contributed by atoms with Crippen LogP contribution in [0.25, 0.3) is 10.9 Å². The molecule has 0 saturated carbocycles. The second-order valence-corrected chi connectivity index (χ2v) is 12.7. The molecule has 1 amide bonds. The van der Waals surface area contributed by atoms with E-state index in [1.165, 1.54) is 18.2 Å². The predicted molar refractivity (Wildman–Crippen MR) is 172 cm³/mol. The maximum Gasteiger partial charge on any atom is 0.281 e. The molecule has 4 aromatic carbocycles. The standard InChI is InChI=1S/C33H30Cl2N2O6S/c1-20-16-26(17-21(2)31(20)35)42-15-5-8-29-28-14-9-22(34)18-30(28)36-32(29)33(38)37-44(39,40)27-7-4-6-25(19-27)43-24-12-10-23(41-3)11-13-24/h4,6-7,9-14,16-19,36H,5,8,15H2,1-3H3,(H,37,38). The van der Waals surface area contributed by atoms with Crippen LogP contribution in [0.1, 0.15) is 33.6 Å². The number of methoxy groups -OCH3 is 1. The first-order valence-electron chi connectivity index (χ1n) is 13.7. The number of amides is 1. The van der Waals surface area contributed by atoms with Gasteiger partial charge in [0, 0.05) is 27.0 Å². The van der Waals surface area contributed by atoms with Crippen LogP contribution in [0.15, 0.2) is 83.8 Å². The summed E-state index contributed by atoms with van der Waals surface area (Å²) < 4.78 is 45.7. The molecule has 0 spiro atoms. The van der Waals surface area contributed by atoms with E-state index < -0.39 is 15.9 Å². The zero-order valence-corrected chi connectivity index (χ0v) is 26.6. The normalized spacial score (nSPS) is 11.4. The van der Waals surface area contributed by atoms with E-state index in [2.05, 4.69) is 9.71 Å². The highest BCUT2D eigenvalue weighted by molar-refractivity contribution is 7.90. The van der Waals surface area contributed by atoms with Crippen LogP contribution in [-0.4, -0.2) is 33.0 Å². The number of sulfonamides is 1. The van der Waals surface area contributed by atoms with Gasteiger partial charge in [0.15, 0.2) is 0 Å². The van der Waals surface area contributed by atoms with Gasteiger partial charge in [0.05, 0.1) is 18.6 Å². The third kappa shape index (κ3) is 7.13. The van der Waals surface area contributed by atoms with Crippen LogP contribution in [0.4, 0.5) is 0 Å². The number of aromatic nitrogens is 1. The molecule has 0 bridgehead atoms. The van der Waals surface area contributed by atoms with Crippen LogP contribution in [0, 0.1) is 13.8 Å². The van der Waals surface area contributed by atoms with Crippen LogP contribution in [-0.2, 0) is 16.4 Å². The van der Waals surface area contributed by atoms with Crippen LogP contribution in [0.3, 0.4) is 0 Å². The fourth-order valence-corrected chi connectivity index (χ4v) is 6.10. The van der Waals surface area contributed by atoms with E-state index in [0.29, 0.717) is 57.8 Å². The molecule has 0 fully saturated rings. The van der Waals surface area contributed by atoms with Gasteiger partial charge >= 0.3 is 0 Å². The average molecular weight is 654 g/mol. The van der Waals surface area contributed by atoms with Crippen molar-refractivity contribution in [3.05, 3.63) is 111 Å². The fourth-order valence-electron chi connectivity index (χ4n) is 4.83. The van der Waals surface area contributed by atoms with E-state index in [0.717, 1.165) is 16.5 Å². The predicted octanol–water partition coefficient (Wildman–Crippen LogP) is 8.02. The van der Waals surface area contributed by atoms with Gasteiger partial charge in [-0.2, -0.15) is 0 Å². The lowest BCUT2D eigenvalue weighted by Gasteiger charge is -2.11. The smallest absolute Gasteiger partial charge is 0.281 e. The van der Waals surface area contributed by atoms with Crippen LogP contribution >= 0.6 is 23.2 Å². The van der Waals surface area contributed by atoms with Crippen molar-refractivity contribution in [2.24, 2.45) is 0 Å². The van der Waals surface area contributed by atoms with Gasteiger partial charge in [-0.15, -0.1) is 0 Å². The third-order valence-electron chi connectivity index (χ3n) is 6.98. The van der Waals surface area contributed by atoms with E-state index in [9.17, 15) is 13.2 Å². The first-order chi connectivity index (χ1) is 21.0. The number of carbonyl (C=O) groups excluding carboxylic acids is 1. The lowest BCUT2D eigenvalue weighted by molar-refractivity contribution is 0.0976. The molecule has 1 aromatic heterocycles. The molecule has 1 heterocycles. The molecule has 0 atom stereocenters. The Labute approximate surface area is 265 Å². The number of benzene rings is 4. The largest absolute Gasteiger partial charge is 0.497 e. The number of fused-ring (bicyclic) bond motifs is 1. The highest BCUT2D eigenvalue weighted by Crippen LogP contribution is 2.29. The second kappa shape index (κ2) is 13.2. The number of aromatic amines is 1. The van der Waals surface area contributed by atoms with Crippen molar-refractivity contribution in [2.75, 3.05) is 13.7 Å². The molecule has 0 aliphatic rings. The molecule has 0 radical (unpaired) electrons. The van der Waals surface area contributed by atoms with Gasteiger partial charge in [-0.25, -0.2) is 13.1 Å². The molecule has 228 valence electrons. The van der Waals surface area contributed by atoms with Gasteiger partial charge in [0.1, 0.15) is 28.7 Å². The molecular formula is C33H30Cl2N2O6S. The minimum atomic E-state index is -4.25. The fraction of sp³-hybridized carbons (Fsp3) is 0.182. The van der Waals surface area contributed by atoms with Crippen molar-refractivity contribution in [3.63, 3.8) is 0 Å². The number of hydrogen-bond acceptors (Lipinski definition) is 6. The molecule has 0 aliphatic heterocycles. The number of halogens is 2. The minimum Gasteiger partial charge on any atom is -0.497 e. The Hall–Kier alpha value is -4.18. The highest BCUT2D eigenvalue weighted by Gasteiger charge is 2.24. The van der Waals surface area contributed by atoms with Gasteiger partial charge in [-0.3, -0.25) is 4.79 Å². The molecular weight excluding hydrogens is 623 g/mol. The molecule has 5 rings (SSSR count). The topological polar surface area (TPSA) is 107 Å². The number of ether oxygens (including phenoxy) is 3. The Balaban J connectivity index is 1.33. The molecule has 0 aliphatic carbocycles. The second-order valence-electron chi connectivity index (χ2n) is 10.2. The van der Waals surface area contributed by atoms with E-state index in [4.69, 9.17) is 37.4 Å². The number of carbonyl (C=O) groups is 1. The Morgan fingerprint density at radius 2 is 1.57 bits per heavy atom. The van der Waals surface area contributed by atoms with Crippen molar-refractivity contribution in [1.29, 1.82) is 0 Å². The molecule has 44 heavy (non-hydrogen) atoms. The van der Waals surface area contributed by atoms with Crippen molar-refractivity contribution < 1.29 is 27.4 Å². The Bertz CT molecular complexity index is 1920. The van der Waals surface area contributed by atoms with Crippen LogP contribution < -0.4 is 18.9 Å². The quantitative estimate of drug-likeness (QED) is 0.140. The molecule has 5 aromatic rings. The summed E-state index contributed by atoms with van der Waals surface area (Å²) in [6.45, 7) is 4.21. The number of aryl methyl sites for hydroxylation is 3. The Kier molecular flexibility index (Phi) is 9.39. The summed E-state index contributed by atoms with van der Waals surface area (Å²) in [5, 5.41) is 1.96. The molecule has 0 unspecified atom stereocenters. The highest BCUT2D eigenvalue weighted by atomic mass is 35.5. The summed E-state index contributed by atoms with van der Waals surface area (Å²) in [5.41, 5.74) is 3.26. The summed E-state index contributed by atoms with van der Waals surface area (Å²) in [4.78, 5) is 16.4. The maximum absolute atomic E-state index is 13.5. The summed E-state index contributed by atoms with van der Waals surface area (Å²) in [6, 6.07) is 21.8. The first kappa shape index (κ1) is 31.3. The number of nitrogens with one attached hydrogen (secondary N) is 2. The molecule has 0 saturated heterocycles. The zero-order valence-electron chi connectivity index (χ0n) is 24.2. The van der Waals surface area contributed by atoms with Gasteiger partial charge < -0.3 is 19.2 Å². The van der Waals surface area contributed by atoms with Gasteiger partial charge in [-0.05, 0) is 104 Å². The van der Waals surface area contributed by atoms with E-state index in [1.54, 1.807) is 49.6 Å².